The Labute approximate surface area is 238 Å². The van der Waals surface area contributed by atoms with Crippen LogP contribution in [0.5, 0.6) is 11.5 Å². The van der Waals surface area contributed by atoms with Crippen LogP contribution in [-0.2, 0) is 0 Å². The van der Waals surface area contributed by atoms with Crippen molar-refractivity contribution in [2.24, 2.45) is 0 Å². The first-order valence-electron chi connectivity index (χ1n) is 13.5. The zero-order valence-corrected chi connectivity index (χ0v) is 22.8. The van der Waals surface area contributed by atoms with Crippen molar-refractivity contribution in [1.82, 2.24) is 4.90 Å². The van der Waals surface area contributed by atoms with Crippen molar-refractivity contribution in [3.05, 3.63) is 137 Å². The Hall–Kier alpha value is -5.23. The van der Waals surface area contributed by atoms with Crippen LogP contribution in [0.2, 0.25) is 0 Å². The SMILES string of the molecule is Cc1cc(C)cc(C(=O)N(CCN2C(=O)c3cccc4cccc(c34)C2=O)c2ccc(Oc3ccccc3)cc2)c1. The zero-order valence-electron chi connectivity index (χ0n) is 22.8. The standard InChI is InChI=1S/C35H28N2O4/c1-23-20-24(2)22-26(21-23)33(38)36(27-14-16-29(17-15-27)41-28-10-4-3-5-11-28)18-19-37-34(39)30-12-6-8-25-9-7-13-31(32(25)30)35(37)40/h3-17,20-22H,18-19H2,1-2H3. The smallest absolute Gasteiger partial charge is 0.261 e. The fourth-order valence-corrected chi connectivity index (χ4v) is 5.40. The molecule has 0 unspecified atom stereocenters. The highest BCUT2D eigenvalue weighted by atomic mass is 16.5. The van der Waals surface area contributed by atoms with Crippen molar-refractivity contribution in [3.63, 3.8) is 0 Å². The predicted molar refractivity (Wildman–Crippen MR) is 160 cm³/mol. The van der Waals surface area contributed by atoms with Crippen LogP contribution in [0.4, 0.5) is 5.69 Å². The summed E-state index contributed by atoms with van der Waals surface area (Å²) in [5, 5.41) is 1.53. The summed E-state index contributed by atoms with van der Waals surface area (Å²) in [5.41, 5.74) is 4.11. The number of aryl methyl sites for hydroxylation is 2. The molecule has 1 aliphatic rings. The third-order valence-electron chi connectivity index (χ3n) is 7.24. The summed E-state index contributed by atoms with van der Waals surface area (Å²) in [6, 6.07) is 33.3. The molecule has 0 spiro atoms. The second-order valence-electron chi connectivity index (χ2n) is 10.2. The maximum atomic E-state index is 13.9. The number of benzene rings is 5. The van der Waals surface area contributed by atoms with Gasteiger partial charge in [0.1, 0.15) is 11.5 Å². The first-order valence-corrected chi connectivity index (χ1v) is 13.5. The average molecular weight is 541 g/mol. The van der Waals surface area contributed by atoms with Gasteiger partial charge in [-0.1, -0.05) is 59.7 Å². The van der Waals surface area contributed by atoms with Gasteiger partial charge in [-0.3, -0.25) is 19.3 Å². The molecule has 0 aromatic heterocycles. The van der Waals surface area contributed by atoms with Crippen LogP contribution in [-0.4, -0.2) is 35.7 Å². The van der Waals surface area contributed by atoms with Gasteiger partial charge in [-0.25, -0.2) is 0 Å². The molecule has 41 heavy (non-hydrogen) atoms. The number of rotatable bonds is 7. The fraction of sp³-hybridized carbons (Fsp3) is 0.114. The number of anilines is 1. The maximum absolute atomic E-state index is 13.9. The van der Waals surface area contributed by atoms with Crippen molar-refractivity contribution in [2.45, 2.75) is 13.8 Å². The third kappa shape index (κ3) is 5.08. The highest BCUT2D eigenvalue weighted by Gasteiger charge is 2.33. The topological polar surface area (TPSA) is 66.9 Å². The molecule has 0 bridgehead atoms. The molecule has 0 saturated heterocycles. The molecule has 0 N–H and O–H groups in total. The van der Waals surface area contributed by atoms with E-state index in [0.717, 1.165) is 16.5 Å². The minimum atomic E-state index is -0.357. The minimum Gasteiger partial charge on any atom is -0.457 e. The lowest BCUT2D eigenvalue weighted by atomic mass is 9.94. The molecule has 0 aliphatic carbocycles. The van der Waals surface area contributed by atoms with Crippen LogP contribution < -0.4 is 9.64 Å². The minimum absolute atomic E-state index is 0.0429. The summed E-state index contributed by atoms with van der Waals surface area (Å²) in [7, 11) is 0. The number of ether oxygens (including phenoxy) is 1. The number of para-hydroxylation sites is 1. The lowest BCUT2D eigenvalue weighted by Gasteiger charge is -2.30. The Balaban J connectivity index is 1.31. The molecule has 1 heterocycles. The van der Waals surface area contributed by atoms with Gasteiger partial charge in [0.05, 0.1) is 0 Å². The molecule has 6 heteroatoms. The van der Waals surface area contributed by atoms with E-state index >= 15 is 0 Å². The Morgan fingerprint density at radius 3 is 1.90 bits per heavy atom. The molecule has 5 aromatic rings. The van der Waals surface area contributed by atoms with E-state index in [2.05, 4.69) is 0 Å². The summed E-state index contributed by atoms with van der Waals surface area (Å²) in [6.45, 7) is 4.07. The lowest BCUT2D eigenvalue weighted by molar-refractivity contribution is 0.0611. The largest absolute Gasteiger partial charge is 0.457 e. The van der Waals surface area contributed by atoms with Gasteiger partial charge in [0.2, 0.25) is 0 Å². The second-order valence-corrected chi connectivity index (χ2v) is 10.2. The summed E-state index contributed by atoms with van der Waals surface area (Å²) in [6.07, 6.45) is 0. The summed E-state index contributed by atoms with van der Waals surface area (Å²) >= 11 is 0. The highest BCUT2D eigenvalue weighted by molar-refractivity contribution is 6.25. The van der Waals surface area contributed by atoms with Crippen molar-refractivity contribution in [1.29, 1.82) is 0 Å². The number of carbonyl (C=O) groups is 3. The van der Waals surface area contributed by atoms with Crippen molar-refractivity contribution in [3.8, 4) is 11.5 Å². The van der Waals surface area contributed by atoms with Gasteiger partial charge in [-0.15, -0.1) is 0 Å². The molecule has 6 nitrogen and oxygen atoms in total. The van der Waals surface area contributed by atoms with Crippen LogP contribution in [0.25, 0.3) is 10.8 Å². The Bertz CT molecular complexity index is 1720. The zero-order chi connectivity index (χ0) is 28.5. The van der Waals surface area contributed by atoms with Crippen LogP contribution in [0.3, 0.4) is 0 Å². The van der Waals surface area contributed by atoms with E-state index in [4.69, 9.17) is 4.74 Å². The molecular weight excluding hydrogens is 512 g/mol. The molecular formula is C35H28N2O4. The Kier molecular flexibility index (Phi) is 6.81. The van der Waals surface area contributed by atoms with Gasteiger partial charge in [0.15, 0.2) is 0 Å². The van der Waals surface area contributed by atoms with E-state index < -0.39 is 0 Å². The van der Waals surface area contributed by atoms with Gasteiger partial charge >= 0.3 is 0 Å². The lowest BCUT2D eigenvalue weighted by Crippen LogP contribution is -2.46. The van der Waals surface area contributed by atoms with Gasteiger partial charge in [0.25, 0.3) is 17.7 Å². The number of hydrogen-bond donors (Lipinski definition) is 0. The normalized spacial score (nSPS) is 12.5. The summed E-state index contributed by atoms with van der Waals surface area (Å²) in [5.74, 6) is 0.410. The second kappa shape index (κ2) is 10.7. The number of hydrogen-bond acceptors (Lipinski definition) is 4. The van der Waals surface area contributed by atoms with Gasteiger partial charge in [-0.2, -0.15) is 0 Å². The Morgan fingerprint density at radius 2 is 1.29 bits per heavy atom. The molecule has 0 radical (unpaired) electrons. The first kappa shape index (κ1) is 26.0. The van der Waals surface area contributed by atoms with Crippen LogP contribution >= 0.6 is 0 Å². The Morgan fingerprint density at radius 1 is 0.707 bits per heavy atom. The third-order valence-corrected chi connectivity index (χ3v) is 7.24. The van der Waals surface area contributed by atoms with E-state index in [1.807, 2.05) is 98.8 Å². The molecule has 5 aromatic carbocycles. The predicted octanol–water partition coefficient (Wildman–Crippen LogP) is 7.19. The van der Waals surface area contributed by atoms with Crippen LogP contribution in [0.15, 0.2) is 109 Å². The van der Waals surface area contributed by atoms with E-state index in [1.54, 1.807) is 29.2 Å². The number of nitrogens with zero attached hydrogens (tertiary/aromatic N) is 2. The van der Waals surface area contributed by atoms with Crippen molar-refractivity contribution < 1.29 is 19.1 Å². The maximum Gasteiger partial charge on any atom is 0.261 e. The number of imide groups is 1. The molecule has 3 amide bonds. The summed E-state index contributed by atoms with van der Waals surface area (Å²) < 4.78 is 5.93. The molecule has 0 fully saturated rings. The summed E-state index contributed by atoms with van der Waals surface area (Å²) in [4.78, 5) is 43.8. The fourth-order valence-electron chi connectivity index (χ4n) is 5.40. The molecule has 0 atom stereocenters. The van der Waals surface area contributed by atoms with Crippen LogP contribution in [0, 0.1) is 13.8 Å². The quantitative estimate of drug-likeness (QED) is 0.205. The molecule has 6 rings (SSSR count). The van der Waals surface area contributed by atoms with E-state index in [1.165, 1.54) is 4.90 Å². The molecule has 1 aliphatic heterocycles. The number of carbonyl (C=O) groups excluding carboxylic acids is 3. The highest BCUT2D eigenvalue weighted by Crippen LogP contribution is 2.31. The van der Waals surface area contributed by atoms with Gasteiger partial charge in [0, 0.05) is 40.9 Å². The average Bonchev–Trinajstić information content (AvgIpc) is 2.98. The van der Waals surface area contributed by atoms with E-state index in [-0.39, 0.29) is 30.8 Å². The monoisotopic (exact) mass is 540 g/mol. The molecule has 202 valence electrons. The first-order chi connectivity index (χ1) is 19.9. The van der Waals surface area contributed by atoms with E-state index in [9.17, 15) is 14.4 Å². The van der Waals surface area contributed by atoms with Crippen LogP contribution in [0.1, 0.15) is 42.2 Å². The van der Waals surface area contributed by atoms with Gasteiger partial charge < -0.3 is 9.64 Å². The number of amides is 3. The van der Waals surface area contributed by atoms with Gasteiger partial charge in [-0.05, 0) is 79.9 Å². The van der Waals surface area contributed by atoms with Crippen molar-refractivity contribution >= 4 is 34.2 Å². The van der Waals surface area contributed by atoms with Crippen molar-refractivity contribution in [2.75, 3.05) is 18.0 Å². The van der Waals surface area contributed by atoms with E-state index in [0.29, 0.717) is 39.3 Å². The molecule has 0 saturated carbocycles.